The molecule has 1 aliphatic carbocycles. The highest BCUT2D eigenvalue weighted by atomic mass is 127. The van der Waals surface area contributed by atoms with Gasteiger partial charge in [0.15, 0.2) is 5.96 Å². The molecule has 1 aromatic carbocycles. The van der Waals surface area contributed by atoms with Crippen LogP contribution < -0.4 is 25.4 Å². The van der Waals surface area contributed by atoms with E-state index in [-0.39, 0.29) is 36.0 Å². The number of carbonyl (C=O) groups is 1. The van der Waals surface area contributed by atoms with Gasteiger partial charge >= 0.3 is 0 Å². The second-order valence-electron chi connectivity index (χ2n) is 7.70. The Bertz CT molecular complexity index is 737. The van der Waals surface area contributed by atoms with Gasteiger partial charge in [-0.25, -0.2) is 4.99 Å². The quantitative estimate of drug-likeness (QED) is 0.188. The second kappa shape index (κ2) is 12.2. The summed E-state index contributed by atoms with van der Waals surface area (Å²) in [5.74, 6) is 2.70. The molecule has 1 aromatic rings. The maximum absolute atomic E-state index is 11.8. The first-order valence-corrected chi connectivity index (χ1v) is 10.9. The largest absolute Gasteiger partial charge is 0.494 e. The molecule has 1 fully saturated rings. The zero-order valence-electron chi connectivity index (χ0n) is 18.3. The standard InChI is InChI=1S/C22H34N4O3.HI/c1-4-23-22(24-10-6-7-21(27)26-18-8-9-18)25-14-17-13-20-16(11-15(3)29-20)12-19(17)28-5-2;/h12-13,15,18H,4-11,14H2,1-3H3,(H,26,27)(H2,23,24,25);1H. The Labute approximate surface area is 196 Å². The molecule has 2 aliphatic rings. The van der Waals surface area contributed by atoms with E-state index in [1.54, 1.807) is 0 Å². The fourth-order valence-corrected chi connectivity index (χ4v) is 3.38. The lowest BCUT2D eigenvalue weighted by atomic mass is 10.1. The topological polar surface area (TPSA) is 84.0 Å². The second-order valence-corrected chi connectivity index (χ2v) is 7.70. The van der Waals surface area contributed by atoms with Crippen molar-refractivity contribution in [1.29, 1.82) is 0 Å². The Morgan fingerprint density at radius 2 is 2.07 bits per heavy atom. The van der Waals surface area contributed by atoms with Crippen LogP contribution in [-0.4, -0.2) is 43.7 Å². The number of nitrogens with zero attached hydrogens (tertiary/aromatic N) is 1. The van der Waals surface area contributed by atoms with E-state index in [0.717, 1.165) is 55.3 Å². The first-order valence-electron chi connectivity index (χ1n) is 10.9. The van der Waals surface area contributed by atoms with Gasteiger partial charge in [0, 0.05) is 43.1 Å². The number of ether oxygens (including phenoxy) is 2. The van der Waals surface area contributed by atoms with Crippen molar-refractivity contribution >= 4 is 35.8 Å². The van der Waals surface area contributed by atoms with Crippen molar-refractivity contribution in [3.05, 3.63) is 23.3 Å². The molecule has 1 saturated carbocycles. The number of guanidine groups is 1. The number of hydrogen-bond donors (Lipinski definition) is 3. The number of amides is 1. The molecular weight excluding hydrogens is 495 g/mol. The minimum Gasteiger partial charge on any atom is -0.494 e. The lowest BCUT2D eigenvalue weighted by Crippen LogP contribution is -2.38. The van der Waals surface area contributed by atoms with E-state index in [2.05, 4.69) is 35.0 Å². The monoisotopic (exact) mass is 530 g/mol. The first-order chi connectivity index (χ1) is 14.1. The summed E-state index contributed by atoms with van der Waals surface area (Å²) in [6.07, 6.45) is 4.68. The van der Waals surface area contributed by atoms with Crippen LogP contribution in [0.4, 0.5) is 0 Å². The Morgan fingerprint density at radius 1 is 1.27 bits per heavy atom. The highest BCUT2D eigenvalue weighted by molar-refractivity contribution is 14.0. The zero-order valence-corrected chi connectivity index (χ0v) is 20.6. The molecule has 168 valence electrons. The van der Waals surface area contributed by atoms with Crippen molar-refractivity contribution in [1.82, 2.24) is 16.0 Å². The Balaban J connectivity index is 0.00000320. The molecule has 0 saturated heterocycles. The number of rotatable bonds is 10. The summed E-state index contributed by atoms with van der Waals surface area (Å²) < 4.78 is 11.7. The number of halogens is 1. The van der Waals surface area contributed by atoms with Gasteiger partial charge in [-0.3, -0.25) is 4.79 Å². The maximum Gasteiger partial charge on any atom is 0.220 e. The summed E-state index contributed by atoms with van der Waals surface area (Å²) in [5.41, 5.74) is 2.21. The van der Waals surface area contributed by atoms with Crippen LogP contribution in [0.15, 0.2) is 17.1 Å². The molecule has 7 nitrogen and oxygen atoms in total. The highest BCUT2D eigenvalue weighted by Gasteiger charge is 2.23. The summed E-state index contributed by atoms with van der Waals surface area (Å²) in [5, 5.41) is 9.59. The Morgan fingerprint density at radius 3 is 2.77 bits per heavy atom. The van der Waals surface area contributed by atoms with Gasteiger partial charge in [-0.2, -0.15) is 0 Å². The van der Waals surface area contributed by atoms with Gasteiger partial charge in [0.25, 0.3) is 0 Å². The predicted molar refractivity (Wildman–Crippen MR) is 130 cm³/mol. The van der Waals surface area contributed by atoms with E-state index in [0.29, 0.717) is 32.2 Å². The average Bonchev–Trinajstić information content (AvgIpc) is 3.42. The predicted octanol–water partition coefficient (Wildman–Crippen LogP) is 3.14. The van der Waals surface area contributed by atoms with Crippen LogP contribution in [0.3, 0.4) is 0 Å². The van der Waals surface area contributed by atoms with Crippen molar-refractivity contribution in [2.75, 3.05) is 19.7 Å². The smallest absolute Gasteiger partial charge is 0.220 e. The van der Waals surface area contributed by atoms with Gasteiger partial charge in [0.2, 0.25) is 5.91 Å². The van der Waals surface area contributed by atoms with Crippen LogP contribution in [0.25, 0.3) is 0 Å². The molecule has 1 heterocycles. The lowest BCUT2D eigenvalue weighted by Gasteiger charge is -2.14. The molecule has 1 unspecified atom stereocenters. The van der Waals surface area contributed by atoms with Gasteiger partial charge < -0.3 is 25.4 Å². The zero-order chi connectivity index (χ0) is 20.6. The molecule has 8 heteroatoms. The molecule has 0 spiro atoms. The Kier molecular flexibility index (Phi) is 10.0. The molecule has 1 atom stereocenters. The average molecular weight is 530 g/mol. The van der Waals surface area contributed by atoms with E-state index < -0.39 is 0 Å². The van der Waals surface area contributed by atoms with Crippen LogP contribution in [0, 0.1) is 0 Å². The number of benzene rings is 1. The third-order valence-corrected chi connectivity index (χ3v) is 4.95. The number of hydrogen-bond acceptors (Lipinski definition) is 4. The number of aliphatic imine (C=N–C) groups is 1. The van der Waals surface area contributed by atoms with Crippen molar-refractivity contribution in [3.8, 4) is 11.5 Å². The van der Waals surface area contributed by atoms with Crippen LogP contribution in [-0.2, 0) is 17.8 Å². The summed E-state index contributed by atoms with van der Waals surface area (Å²) in [6, 6.07) is 4.57. The van der Waals surface area contributed by atoms with Gasteiger partial charge in [0.1, 0.15) is 17.6 Å². The third-order valence-electron chi connectivity index (χ3n) is 4.95. The third kappa shape index (κ3) is 7.52. The molecule has 30 heavy (non-hydrogen) atoms. The lowest BCUT2D eigenvalue weighted by molar-refractivity contribution is -0.121. The molecule has 1 aliphatic heterocycles. The van der Waals surface area contributed by atoms with Crippen LogP contribution >= 0.6 is 24.0 Å². The SMILES string of the molecule is CCNC(=NCc1cc2c(cc1OCC)CC(C)O2)NCCCC(=O)NC1CC1.I. The minimum atomic E-state index is 0. The number of fused-ring (bicyclic) bond motifs is 1. The highest BCUT2D eigenvalue weighted by Crippen LogP contribution is 2.35. The van der Waals surface area contributed by atoms with E-state index in [9.17, 15) is 4.79 Å². The van der Waals surface area contributed by atoms with Gasteiger partial charge in [-0.1, -0.05) is 0 Å². The van der Waals surface area contributed by atoms with Crippen LogP contribution in [0.1, 0.15) is 57.6 Å². The van der Waals surface area contributed by atoms with E-state index in [1.807, 2.05) is 13.8 Å². The van der Waals surface area contributed by atoms with E-state index >= 15 is 0 Å². The maximum atomic E-state index is 11.8. The summed E-state index contributed by atoms with van der Waals surface area (Å²) in [7, 11) is 0. The van der Waals surface area contributed by atoms with E-state index in [4.69, 9.17) is 14.5 Å². The Hall–Kier alpha value is -1.71. The van der Waals surface area contributed by atoms with Crippen molar-refractivity contribution < 1.29 is 14.3 Å². The summed E-state index contributed by atoms with van der Waals surface area (Å²) >= 11 is 0. The summed E-state index contributed by atoms with van der Waals surface area (Å²) in [6.45, 7) is 8.70. The first kappa shape index (κ1) is 24.6. The van der Waals surface area contributed by atoms with Gasteiger partial charge in [-0.05, 0) is 52.2 Å². The van der Waals surface area contributed by atoms with Crippen LogP contribution in [0.2, 0.25) is 0 Å². The van der Waals surface area contributed by atoms with Crippen molar-refractivity contribution in [3.63, 3.8) is 0 Å². The van der Waals surface area contributed by atoms with E-state index in [1.165, 1.54) is 5.56 Å². The van der Waals surface area contributed by atoms with Crippen molar-refractivity contribution in [2.24, 2.45) is 4.99 Å². The normalized spacial score (nSPS) is 17.4. The minimum absolute atomic E-state index is 0. The van der Waals surface area contributed by atoms with Crippen LogP contribution in [0.5, 0.6) is 11.5 Å². The fraction of sp³-hybridized carbons (Fsp3) is 0.636. The molecule has 0 aromatic heterocycles. The van der Waals surface area contributed by atoms with Gasteiger partial charge in [-0.15, -0.1) is 24.0 Å². The van der Waals surface area contributed by atoms with Gasteiger partial charge in [0.05, 0.1) is 13.2 Å². The number of carbonyl (C=O) groups excluding carboxylic acids is 1. The molecule has 3 rings (SSSR count). The molecular formula is C22H35IN4O3. The molecule has 3 N–H and O–H groups in total. The molecule has 1 amide bonds. The molecule has 0 radical (unpaired) electrons. The number of nitrogens with one attached hydrogen (secondary N) is 3. The molecule has 0 bridgehead atoms. The van der Waals surface area contributed by atoms with Crippen molar-refractivity contribution in [2.45, 2.75) is 71.6 Å². The fourth-order valence-electron chi connectivity index (χ4n) is 3.38. The summed E-state index contributed by atoms with van der Waals surface area (Å²) in [4.78, 5) is 16.5.